The van der Waals surface area contributed by atoms with Gasteiger partial charge in [0.2, 0.25) is 5.91 Å². The molecule has 1 aromatic heterocycles. The summed E-state index contributed by atoms with van der Waals surface area (Å²) in [5.41, 5.74) is 6.44. The fraction of sp³-hybridized carbons (Fsp3) is 0.444. The van der Waals surface area contributed by atoms with Crippen molar-refractivity contribution < 1.29 is 18.0 Å². The van der Waals surface area contributed by atoms with Gasteiger partial charge in [-0.3, -0.25) is 20.4 Å². The van der Waals surface area contributed by atoms with Crippen LogP contribution < -0.4 is 10.9 Å². The average Bonchev–Trinajstić information content (AvgIpc) is 3.33. The standard InChI is InChI=1S/C18H20BrN5O4S/c19-13-3-5-14(6-4-13)24-17(12-1-2-12)16(21-23-24)18(26)22-20-15(25)9-11-7-8-29(27,28)10-11/h3-6,11-12H,1-2,7-10H2,(H,20,25)(H,22,26). The van der Waals surface area contributed by atoms with Gasteiger partial charge < -0.3 is 0 Å². The number of rotatable bonds is 5. The summed E-state index contributed by atoms with van der Waals surface area (Å²) in [6.45, 7) is 0. The zero-order valence-electron chi connectivity index (χ0n) is 15.5. The Morgan fingerprint density at radius 2 is 1.86 bits per heavy atom. The van der Waals surface area contributed by atoms with Crippen LogP contribution >= 0.6 is 15.9 Å². The highest BCUT2D eigenvalue weighted by atomic mass is 79.9. The molecule has 9 nitrogen and oxygen atoms in total. The Morgan fingerprint density at radius 3 is 2.48 bits per heavy atom. The molecule has 1 unspecified atom stereocenters. The number of hydrogen-bond acceptors (Lipinski definition) is 6. The van der Waals surface area contributed by atoms with Crippen LogP contribution in [-0.4, -0.2) is 46.7 Å². The molecular weight excluding hydrogens is 462 g/mol. The van der Waals surface area contributed by atoms with E-state index in [0.717, 1.165) is 28.7 Å². The Kier molecular flexibility index (Phi) is 5.43. The van der Waals surface area contributed by atoms with Crippen molar-refractivity contribution in [3.05, 3.63) is 40.1 Å². The second kappa shape index (κ2) is 7.86. The molecule has 1 aliphatic carbocycles. The number of carbonyl (C=O) groups excluding carboxylic acids is 2. The highest BCUT2D eigenvalue weighted by Crippen LogP contribution is 2.42. The molecule has 1 atom stereocenters. The predicted molar refractivity (Wildman–Crippen MR) is 108 cm³/mol. The molecule has 0 bridgehead atoms. The SMILES string of the molecule is O=C(CC1CCS(=O)(=O)C1)NNC(=O)c1nnn(-c2ccc(Br)cc2)c1C1CC1. The minimum absolute atomic E-state index is 0.0156. The fourth-order valence-electron chi connectivity index (χ4n) is 3.48. The van der Waals surface area contributed by atoms with E-state index in [2.05, 4.69) is 37.1 Å². The van der Waals surface area contributed by atoms with Crippen molar-refractivity contribution in [1.29, 1.82) is 0 Å². The van der Waals surface area contributed by atoms with E-state index in [4.69, 9.17) is 0 Å². The maximum absolute atomic E-state index is 12.6. The largest absolute Gasteiger partial charge is 0.292 e. The second-order valence-electron chi connectivity index (χ2n) is 7.46. The Bertz CT molecular complexity index is 1050. The van der Waals surface area contributed by atoms with Crippen LogP contribution in [0.25, 0.3) is 5.69 Å². The summed E-state index contributed by atoms with van der Waals surface area (Å²) >= 11 is 3.39. The van der Waals surface area contributed by atoms with E-state index >= 15 is 0 Å². The van der Waals surface area contributed by atoms with Gasteiger partial charge in [-0.1, -0.05) is 21.1 Å². The van der Waals surface area contributed by atoms with E-state index in [1.807, 2.05) is 24.3 Å². The number of hydrazine groups is 1. The minimum atomic E-state index is -3.04. The van der Waals surface area contributed by atoms with Crippen LogP contribution in [0.4, 0.5) is 0 Å². The van der Waals surface area contributed by atoms with Crippen LogP contribution in [0.2, 0.25) is 0 Å². The van der Waals surface area contributed by atoms with Gasteiger partial charge in [-0.05, 0) is 49.4 Å². The van der Waals surface area contributed by atoms with Crippen molar-refractivity contribution in [2.24, 2.45) is 5.92 Å². The quantitative estimate of drug-likeness (QED) is 0.623. The number of carbonyl (C=O) groups is 2. The Morgan fingerprint density at radius 1 is 1.14 bits per heavy atom. The predicted octanol–water partition coefficient (Wildman–Crippen LogP) is 1.49. The van der Waals surface area contributed by atoms with E-state index in [1.165, 1.54) is 0 Å². The van der Waals surface area contributed by atoms with Gasteiger partial charge in [-0.2, -0.15) is 0 Å². The van der Waals surface area contributed by atoms with Crippen molar-refractivity contribution in [2.45, 2.75) is 31.6 Å². The third-order valence-corrected chi connectivity index (χ3v) is 7.44. The Balaban J connectivity index is 1.42. The first-order valence-electron chi connectivity index (χ1n) is 9.33. The summed E-state index contributed by atoms with van der Waals surface area (Å²) in [6, 6.07) is 7.53. The third kappa shape index (κ3) is 4.67. The molecule has 1 saturated heterocycles. The number of aromatic nitrogens is 3. The topological polar surface area (TPSA) is 123 Å². The van der Waals surface area contributed by atoms with E-state index < -0.39 is 21.7 Å². The molecule has 2 N–H and O–H groups in total. The van der Waals surface area contributed by atoms with Crippen molar-refractivity contribution in [2.75, 3.05) is 11.5 Å². The van der Waals surface area contributed by atoms with E-state index in [0.29, 0.717) is 6.42 Å². The van der Waals surface area contributed by atoms with Gasteiger partial charge in [0.15, 0.2) is 15.5 Å². The van der Waals surface area contributed by atoms with Gasteiger partial charge in [0.25, 0.3) is 5.91 Å². The maximum atomic E-state index is 12.6. The normalized spacial score (nSPS) is 20.4. The van der Waals surface area contributed by atoms with Gasteiger partial charge in [-0.25, -0.2) is 13.1 Å². The number of benzene rings is 1. The molecule has 1 aliphatic heterocycles. The molecular formula is C18H20BrN5O4S. The first-order valence-corrected chi connectivity index (χ1v) is 11.9. The molecule has 154 valence electrons. The summed E-state index contributed by atoms with van der Waals surface area (Å²) < 4.78 is 25.6. The van der Waals surface area contributed by atoms with E-state index in [-0.39, 0.29) is 35.5 Å². The molecule has 2 fully saturated rings. The first-order chi connectivity index (χ1) is 13.8. The molecule has 1 aromatic carbocycles. The monoisotopic (exact) mass is 481 g/mol. The zero-order chi connectivity index (χ0) is 20.6. The first kappa shape index (κ1) is 20.0. The molecule has 2 amide bonds. The van der Waals surface area contributed by atoms with Gasteiger partial charge in [0, 0.05) is 16.8 Å². The molecule has 2 aromatic rings. The lowest BCUT2D eigenvalue weighted by atomic mass is 10.1. The zero-order valence-corrected chi connectivity index (χ0v) is 17.9. The Labute approximate surface area is 176 Å². The molecule has 0 spiro atoms. The number of nitrogens with zero attached hydrogens (tertiary/aromatic N) is 3. The highest BCUT2D eigenvalue weighted by molar-refractivity contribution is 9.10. The van der Waals surface area contributed by atoms with Crippen molar-refractivity contribution >= 4 is 37.6 Å². The number of hydrogen-bond donors (Lipinski definition) is 2. The smallest absolute Gasteiger partial charge is 0.273 e. The van der Waals surface area contributed by atoms with Gasteiger partial charge in [0.05, 0.1) is 22.9 Å². The maximum Gasteiger partial charge on any atom is 0.292 e. The summed E-state index contributed by atoms with van der Waals surface area (Å²) in [5, 5.41) is 8.17. The average molecular weight is 482 g/mol. The lowest BCUT2D eigenvalue weighted by molar-refractivity contribution is -0.122. The molecule has 1 saturated carbocycles. The van der Waals surface area contributed by atoms with Crippen LogP contribution in [0.3, 0.4) is 0 Å². The molecule has 29 heavy (non-hydrogen) atoms. The summed E-state index contributed by atoms with van der Waals surface area (Å²) in [7, 11) is -3.04. The second-order valence-corrected chi connectivity index (χ2v) is 10.6. The molecule has 4 rings (SSSR count). The molecule has 2 aliphatic rings. The van der Waals surface area contributed by atoms with Crippen LogP contribution in [-0.2, 0) is 14.6 Å². The van der Waals surface area contributed by atoms with E-state index in [1.54, 1.807) is 4.68 Å². The third-order valence-electron chi connectivity index (χ3n) is 5.07. The molecule has 11 heteroatoms. The summed E-state index contributed by atoms with van der Waals surface area (Å²) in [4.78, 5) is 24.7. The van der Waals surface area contributed by atoms with Crippen molar-refractivity contribution in [1.82, 2.24) is 25.8 Å². The van der Waals surface area contributed by atoms with Gasteiger partial charge in [-0.15, -0.1) is 5.10 Å². The lowest BCUT2D eigenvalue weighted by Crippen LogP contribution is -2.42. The van der Waals surface area contributed by atoms with Crippen LogP contribution in [0.5, 0.6) is 0 Å². The van der Waals surface area contributed by atoms with Crippen LogP contribution in [0.1, 0.15) is 47.8 Å². The van der Waals surface area contributed by atoms with Crippen molar-refractivity contribution in [3.63, 3.8) is 0 Å². The molecule has 0 radical (unpaired) electrons. The molecule has 2 heterocycles. The van der Waals surface area contributed by atoms with E-state index in [9.17, 15) is 18.0 Å². The van der Waals surface area contributed by atoms with Crippen LogP contribution in [0.15, 0.2) is 28.7 Å². The van der Waals surface area contributed by atoms with Crippen molar-refractivity contribution in [3.8, 4) is 5.69 Å². The lowest BCUT2D eigenvalue weighted by Gasteiger charge is -2.10. The number of sulfone groups is 1. The van der Waals surface area contributed by atoms with Gasteiger partial charge >= 0.3 is 0 Å². The van der Waals surface area contributed by atoms with Crippen LogP contribution in [0, 0.1) is 5.92 Å². The van der Waals surface area contributed by atoms with Gasteiger partial charge in [0.1, 0.15) is 0 Å². The number of halogens is 1. The minimum Gasteiger partial charge on any atom is -0.273 e. The number of amides is 2. The highest BCUT2D eigenvalue weighted by Gasteiger charge is 2.34. The number of nitrogens with one attached hydrogen (secondary N) is 2. The summed E-state index contributed by atoms with van der Waals surface area (Å²) in [5.74, 6) is -0.842. The Hall–Kier alpha value is -2.27. The fourth-order valence-corrected chi connectivity index (χ4v) is 5.61. The summed E-state index contributed by atoms with van der Waals surface area (Å²) in [6.07, 6.45) is 2.43.